The minimum Gasteiger partial charge on any atom is -0.397 e. The van der Waals surface area contributed by atoms with E-state index in [1.54, 1.807) is 25.1 Å². The van der Waals surface area contributed by atoms with Gasteiger partial charge in [-0.15, -0.1) is 0 Å². The van der Waals surface area contributed by atoms with Gasteiger partial charge in [0.2, 0.25) is 10.0 Å². The number of rotatable bonds is 3. The number of nitrogen functional groups attached to an aromatic ring is 1. The Hall–Kier alpha value is -0.750. The highest BCUT2D eigenvalue weighted by atomic mass is 79.9. The van der Waals surface area contributed by atoms with Crippen LogP contribution in [0.3, 0.4) is 0 Å². The number of benzene rings is 1. The number of hydrogen-bond acceptors (Lipinski definition) is 3. The molecule has 6 heteroatoms. The van der Waals surface area contributed by atoms with Crippen LogP contribution < -0.4 is 10.0 Å². The van der Waals surface area contributed by atoms with Crippen LogP contribution in [0.5, 0.6) is 0 Å². The normalized spacial score (nSPS) is 11.4. The highest BCUT2D eigenvalue weighted by Crippen LogP contribution is 2.27. The Balaban J connectivity index is 3.18. The fourth-order valence-electron chi connectivity index (χ4n) is 1.16. The first kappa shape index (κ1) is 12.3. The average molecular weight is 293 g/mol. The van der Waals surface area contributed by atoms with Gasteiger partial charge in [0, 0.05) is 11.5 Å². The van der Waals surface area contributed by atoms with Gasteiger partial charge >= 0.3 is 0 Å². The number of halogens is 1. The first-order chi connectivity index (χ1) is 6.88. The molecule has 2 N–H and O–H groups in total. The van der Waals surface area contributed by atoms with Crippen molar-refractivity contribution in [1.82, 2.24) is 0 Å². The summed E-state index contributed by atoms with van der Waals surface area (Å²) in [4.78, 5) is 0. The summed E-state index contributed by atoms with van der Waals surface area (Å²) in [6.07, 6.45) is 0. The summed E-state index contributed by atoms with van der Waals surface area (Å²) in [5.74, 6) is 0.0546. The van der Waals surface area contributed by atoms with E-state index in [0.29, 0.717) is 11.4 Å². The Morgan fingerprint density at radius 2 is 2.07 bits per heavy atom. The third kappa shape index (κ3) is 2.63. The van der Waals surface area contributed by atoms with Crippen LogP contribution in [0, 0.1) is 0 Å². The van der Waals surface area contributed by atoms with E-state index in [2.05, 4.69) is 15.9 Å². The molecular weight excluding hydrogens is 280 g/mol. The number of nitrogens with zero attached hydrogens (tertiary/aromatic N) is 1. The van der Waals surface area contributed by atoms with Crippen molar-refractivity contribution in [2.45, 2.75) is 6.92 Å². The number of hydrogen-bond donors (Lipinski definition) is 1. The Morgan fingerprint density at radius 3 is 2.53 bits per heavy atom. The molecule has 15 heavy (non-hydrogen) atoms. The van der Waals surface area contributed by atoms with Crippen LogP contribution in [0.15, 0.2) is 22.7 Å². The van der Waals surface area contributed by atoms with E-state index in [1.807, 2.05) is 0 Å². The maximum atomic E-state index is 11.6. The van der Waals surface area contributed by atoms with Gasteiger partial charge in [0.15, 0.2) is 0 Å². The summed E-state index contributed by atoms with van der Waals surface area (Å²) in [5.41, 5.74) is 6.67. The molecule has 0 aliphatic carbocycles. The molecule has 0 saturated carbocycles. The van der Waals surface area contributed by atoms with Gasteiger partial charge in [-0.3, -0.25) is 4.31 Å². The van der Waals surface area contributed by atoms with Gasteiger partial charge in [-0.1, -0.05) is 15.9 Å². The summed E-state index contributed by atoms with van der Waals surface area (Å²) in [7, 11) is -1.75. The Kier molecular flexibility index (Phi) is 3.62. The summed E-state index contributed by atoms with van der Waals surface area (Å²) < 4.78 is 25.2. The lowest BCUT2D eigenvalue weighted by Gasteiger charge is -2.20. The van der Waals surface area contributed by atoms with E-state index >= 15 is 0 Å². The van der Waals surface area contributed by atoms with Gasteiger partial charge in [-0.25, -0.2) is 8.42 Å². The molecule has 0 radical (unpaired) electrons. The van der Waals surface area contributed by atoms with Crippen LogP contribution in [-0.2, 0) is 10.0 Å². The molecule has 1 aromatic carbocycles. The van der Waals surface area contributed by atoms with Gasteiger partial charge in [0.05, 0.1) is 17.1 Å². The molecule has 4 nitrogen and oxygen atoms in total. The third-order valence-corrected chi connectivity index (χ3v) is 4.36. The third-order valence-electron chi connectivity index (χ3n) is 2.11. The minimum absolute atomic E-state index is 0.0546. The summed E-state index contributed by atoms with van der Waals surface area (Å²) in [5, 5.41) is 0. The van der Waals surface area contributed by atoms with E-state index in [1.165, 1.54) is 11.4 Å². The number of anilines is 2. The second kappa shape index (κ2) is 4.40. The summed E-state index contributed by atoms with van der Waals surface area (Å²) in [6.45, 7) is 1.60. The van der Waals surface area contributed by atoms with Crippen molar-refractivity contribution in [3.05, 3.63) is 22.7 Å². The first-order valence-corrected chi connectivity index (χ1v) is 6.80. The largest absolute Gasteiger partial charge is 0.397 e. The first-order valence-electron chi connectivity index (χ1n) is 4.40. The molecule has 0 aliphatic heterocycles. The Morgan fingerprint density at radius 1 is 1.47 bits per heavy atom. The molecule has 0 heterocycles. The van der Waals surface area contributed by atoms with Crippen molar-refractivity contribution in [3.63, 3.8) is 0 Å². The van der Waals surface area contributed by atoms with Crippen molar-refractivity contribution < 1.29 is 8.42 Å². The van der Waals surface area contributed by atoms with Crippen LogP contribution in [0.4, 0.5) is 11.4 Å². The molecular formula is C9H13BrN2O2S. The van der Waals surface area contributed by atoms with Crippen LogP contribution in [0.1, 0.15) is 6.92 Å². The zero-order chi connectivity index (χ0) is 11.6. The van der Waals surface area contributed by atoms with Crippen LogP contribution >= 0.6 is 15.9 Å². The lowest BCUT2D eigenvalue weighted by molar-refractivity contribution is 0.595. The molecule has 0 fully saturated rings. The Labute approximate surface area is 98.3 Å². The van der Waals surface area contributed by atoms with Crippen molar-refractivity contribution in [2.24, 2.45) is 0 Å². The van der Waals surface area contributed by atoms with Gasteiger partial charge in [0.1, 0.15) is 0 Å². The second-order valence-electron chi connectivity index (χ2n) is 3.07. The zero-order valence-corrected chi connectivity index (χ0v) is 11.0. The van der Waals surface area contributed by atoms with Gasteiger partial charge in [-0.05, 0) is 25.1 Å². The standard InChI is InChI=1S/C9H13BrN2O2S/c1-3-15(13,14)12(2)9-5-4-7(10)6-8(9)11/h4-6H,3,11H2,1-2H3. The smallest absolute Gasteiger partial charge is 0.234 e. The maximum absolute atomic E-state index is 11.6. The predicted octanol–water partition coefficient (Wildman–Crippen LogP) is 1.82. The quantitative estimate of drug-likeness (QED) is 0.865. The molecule has 1 rings (SSSR count). The molecule has 0 aliphatic rings. The van der Waals surface area contributed by atoms with Crippen LogP contribution in [-0.4, -0.2) is 21.2 Å². The zero-order valence-electron chi connectivity index (χ0n) is 8.57. The van der Waals surface area contributed by atoms with E-state index in [4.69, 9.17) is 5.73 Å². The molecule has 1 aromatic rings. The van der Waals surface area contributed by atoms with Crippen molar-refractivity contribution >= 4 is 37.3 Å². The van der Waals surface area contributed by atoms with Crippen molar-refractivity contribution in [2.75, 3.05) is 22.8 Å². The second-order valence-corrected chi connectivity index (χ2v) is 6.28. The predicted molar refractivity (Wildman–Crippen MR) is 66.4 cm³/mol. The maximum Gasteiger partial charge on any atom is 0.234 e. The topological polar surface area (TPSA) is 63.4 Å². The minimum atomic E-state index is -3.25. The lowest BCUT2D eigenvalue weighted by atomic mass is 10.3. The van der Waals surface area contributed by atoms with E-state index in [-0.39, 0.29) is 5.75 Å². The number of nitrogens with two attached hydrogens (primary N) is 1. The Bertz CT molecular complexity index is 459. The molecule has 0 spiro atoms. The lowest BCUT2D eigenvalue weighted by Crippen LogP contribution is -2.28. The average Bonchev–Trinajstić information content (AvgIpc) is 2.17. The fourth-order valence-corrected chi connectivity index (χ4v) is 2.39. The van der Waals surface area contributed by atoms with Crippen molar-refractivity contribution in [3.8, 4) is 0 Å². The van der Waals surface area contributed by atoms with E-state index in [9.17, 15) is 8.42 Å². The molecule has 0 amide bonds. The summed E-state index contributed by atoms with van der Waals surface area (Å²) >= 11 is 3.26. The van der Waals surface area contributed by atoms with Crippen molar-refractivity contribution in [1.29, 1.82) is 0 Å². The fraction of sp³-hybridized carbons (Fsp3) is 0.333. The van der Waals surface area contributed by atoms with Crippen LogP contribution in [0.2, 0.25) is 0 Å². The van der Waals surface area contributed by atoms with E-state index in [0.717, 1.165) is 4.47 Å². The molecule has 0 unspecified atom stereocenters. The number of sulfonamides is 1. The SMILES string of the molecule is CCS(=O)(=O)N(C)c1ccc(Br)cc1N. The molecule has 0 bridgehead atoms. The highest BCUT2D eigenvalue weighted by Gasteiger charge is 2.17. The summed E-state index contributed by atoms with van der Waals surface area (Å²) in [6, 6.07) is 5.11. The molecule has 84 valence electrons. The van der Waals surface area contributed by atoms with Gasteiger partial charge < -0.3 is 5.73 Å². The monoisotopic (exact) mass is 292 g/mol. The molecule has 0 atom stereocenters. The van der Waals surface area contributed by atoms with Gasteiger partial charge in [-0.2, -0.15) is 0 Å². The van der Waals surface area contributed by atoms with E-state index < -0.39 is 10.0 Å². The molecule has 0 aromatic heterocycles. The highest BCUT2D eigenvalue weighted by molar-refractivity contribution is 9.10. The molecule has 0 saturated heterocycles. The van der Waals surface area contributed by atoms with Gasteiger partial charge in [0.25, 0.3) is 0 Å². The van der Waals surface area contributed by atoms with Crippen LogP contribution in [0.25, 0.3) is 0 Å².